The molecule has 3 aliphatic rings. The molecule has 260 valence electrons. The number of benzene rings is 2. The number of methoxy groups -OCH3 is 1. The lowest BCUT2D eigenvalue weighted by Crippen LogP contribution is -2.52. The number of hydrogen-bond acceptors (Lipinski definition) is 10. The average molecular weight is 668 g/mol. The van der Waals surface area contributed by atoms with Crippen molar-refractivity contribution in [3.8, 4) is 28.8 Å². The molecular formula is C38H49N7O4. The first-order valence-electron chi connectivity index (χ1n) is 17.4. The Balaban J connectivity index is 1.08. The standard InChI is InChI=1S/C38H49N7O4/c1-38(2,3)49-37(46)45-17-13-31(26-45)48-34-9-7-28(24-29(34)25-39)32-10-14-40-36(41-32)23-27-6-8-33(35(22-27)47-5)44-15-11-30(12-16-44)43-20-18-42(4)19-21-43/h6-10,14,22,24,30-31H,11-13,15-21,23,26H2,1-5H3. The molecule has 49 heavy (non-hydrogen) atoms. The molecule has 0 N–H and O–H groups in total. The van der Waals surface area contributed by atoms with E-state index in [9.17, 15) is 10.1 Å². The van der Waals surface area contributed by atoms with Gasteiger partial charge in [-0.15, -0.1) is 0 Å². The van der Waals surface area contributed by atoms with E-state index < -0.39 is 5.60 Å². The number of carbonyl (C=O) groups is 1. The van der Waals surface area contributed by atoms with E-state index in [1.54, 1.807) is 24.3 Å². The van der Waals surface area contributed by atoms with E-state index >= 15 is 0 Å². The number of hydrogen-bond donors (Lipinski definition) is 0. The van der Waals surface area contributed by atoms with Gasteiger partial charge in [-0.3, -0.25) is 4.90 Å². The first kappa shape index (κ1) is 34.5. The maximum atomic E-state index is 12.5. The highest BCUT2D eigenvalue weighted by Gasteiger charge is 2.32. The van der Waals surface area contributed by atoms with Gasteiger partial charge >= 0.3 is 6.09 Å². The summed E-state index contributed by atoms with van der Waals surface area (Å²) < 4.78 is 17.6. The van der Waals surface area contributed by atoms with Crippen LogP contribution in [0.15, 0.2) is 48.7 Å². The Labute approximate surface area is 290 Å². The fourth-order valence-electron chi connectivity index (χ4n) is 6.96. The fourth-order valence-corrected chi connectivity index (χ4v) is 6.96. The van der Waals surface area contributed by atoms with Crippen LogP contribution >= 0.6 is 0 Å². The van der Waals surface area contributed by atoms with E-state index in [-0.39, 0.29) is 12.2 Å². The molecule has 11 heteroatoms. The summed E-state index contributed by atoms with van der Waals surface area (Å²) in [7, 11) is 3.95. The van der Waals surface area contributed by atoms with Gasteiger partial charge in [-0.2, -0.15) is 5.26 Å². The Morgan fingerprint density at radius 2 is 1.73 bits per heavy atom. The van der Waals surface area contributed by atoms with Crippen molar-refractivity contribution in [2.24, 2.45) is 0 Å². The van der Waals surface area contributed by atoms with Gasteiger partial charge in [0.1, 0.15) is 35.1 Å². The number of nitrogens with zero attached hydrogens (tertiary/aromatic N) is 7. The minimum atomic E-state index is -0.555. The topological polar surface area (TPSA) is 107 Å². The Bertz CT molecular complexity index is 1650. The molecule has 6 rings (SSSR count). The molecule has 1 unspecified atom stereocenters. The molecule has 3 saturated heterocycles. The second-order valence-electron chi connectivity index (χ2n) is 14.4. The van der Waals surface area contributed by atoms with Crippen LogP contribution in [-0.4, -0.2) is 115 Å². The van der Waals surface area contributed by atoms with Crippen molar-refractivity contribution < 1.29 is 19.0 Å². The van der Waals surface area contributed by atoms with Crippen molar-refractivity contribution >= 4 is 11.8 Å². The molecule has 1 aromatic heterocycles. The predicted molar refractivity (Wildman–Crippen MR) is 189 cm³/mol. The van der Waals surface area contributed by atoms with Crippen LogP contribution in [0.1, 0.15) is 57.0 Å². The lowest BCUT2D eigenvalue weighted by Gasteiger charge is -2.42. The molecule has 0 aliphatic carbocycles. The number of carbonyl (C=O) groups excluding carboxylic acids is 1. The number of aromatic nitrogens is 2. The molecule has 1 amide bonds. The van der Waals surface area contributed by atoms with E-state index in [4.69, 9.17) is 19.2 Å². The van der Waals surface area contributed by atoms with E-state index in [1.807, 2.05) is 39.0 Å². The molecule has 11 nitrogen and oxygen atoms in total. The van der Waals surface area contributed by atoms with Gasteiger partial charge in [0.05, 0.1) is 30.6 Å². The predicted octanol–water partition coefficient (Wildman–Crippen LogP) is 5.22. The summed E-state index contributed by atoms with van der Waals surface area (Å²) in [4.78, 5) is 31.1. The van der Waals surface area contributed by atoms with Gasteiger partial charge in [-0.05, 0) is 82.6 Å². The highest BCUT2D eigenvalue weighted by atomic mass is 16.6. The molecule has 0 bridgehead atoms. The van der Waals surface area contributed by atoms with E-state index in [2.05, 4.69) is 51.0 Å². The number of piperidine rings is 1. The zero-order valence-corrected chi connectivity index (χ0v) is 29.5. The number of piperazine rings is 1. The van der Waals surface area contributed by atoms with Gasteiger partial charge in [0, 0.05) is 76.5 Å². The summed E-state index contributed by atoms with van der Waals surface area (Å²) in [5, 5.41) is 9.96. The summed E-state index contributed by atoms with van der Waals surface area (Å²) in [6.07, 6.45) is 4.76. The summed E-state index contributed by atoms with van der Waals surface area (Å²) in [5.74, 6) is 2.05. The highest BCUT2D eigenvalue weighted by molar-refractivity contribution is 5.68. The van der Waals surface area contributed by atoms with Crippen LogP contribution < -0.4 is 14.4 Å². The third-order valence-electron chi connectivity index (χ3n) is 9.66. The summed E-state index contributed by atoms with van der Waals surface area (Å²) in [5.41, 5.74) is 3.61. The largest absolute Gasteiger partial charge is 0.495 e. The van der Waals surface area contributed by atoms with Gasteiger partial charge in [0.2, 0.25) is 0 Å². The van der Waals surface area contributed by atoms with Crippen molar-refractivity contribution in [2.75, 3.05) is 71.4 Å². The minimum absolute atomic E-state index is 0.214. The summed E-state index contributed by atoms with van der Waals surface area (Å²) in [6.45, 7) is 13.2. The molecule has 3 fully saturated rings. The third kappa shape index (κ3) is 8.61. The van der Waals surface area contributed by atoms with Gasteiger partial charge in [0.25, 0.3) is 0 Å². The van der Waals surface area contributed by atoms with E-state index in [0.717, 1.165) is 54.4 Å². The van der Waals surface area contributed by atoms with Crippen molar-refractivity contribution in [3.63, 3.8) is 0 Å². The first-order chi connectivity index (χ1) is 23.6. The van der Waals surface area contributed by atoms with Gasteiger partial charge in [-0.1, -0.05) is 6.07 Å². The number of likely N-dealkylation sites (tertiary alicyclic amines) is 1. The molecular weight excluding hydrogens is 618 g/mol. The average Bonchev–Trinajstić information content (AvgIpc) is 3.57. The zero-order valence-electron chi connectivity index (χ0n) is 29.5. The van der Waals surface area contributed by atoms with E-state index in [1.165, 1.54) is 25.9 Å². The molecule has 4 heterocycles. The van der Waals surface area contributed by atoms with Crippen LogP contribution in [-0.2, 0) is 11.2 Å². The second-order valence-corrected chi connectivity index (χ2v) is 14.4. The second kappa shape index (κ2) is 15.0. The lowest BCUT2D eigenvalue weighted by atomic mass is 10.0. The number of likely N-dealkylation sites (N-methyl/N-ethyl adjacent to an activating group) is 1. The Morgan fingerprint density at radius 1 is 0.959 bits per heavy atom. The Kier molecular flexibility index (Phi) is 10.6. The van der Waals surface area contributed by atoms with Crippen molar-refractivity contribution in [1.29, 1.82) is 5.26 Å². The Hall–Kier alpha value is -4.40. The lowest BCUT2D eigenvalue weighted by molar-refractivity contribution is 0.0275. The van der Waals surface area contributed by atoms with Gasteiger partial charge < -0.3 is 28.9 Å². The van der Waals surface area contributed by atoms with Crippen LogP contribution in [0.3, 0.4) is 0 Å². The first-order valence-corrected chi connectivity index (χ1v) is 17.4. The van der Waals surface area contributed by atoms with Crippen LogP contribution in [0.25, 0.3) is 11.3 Å². The monoisotopic (exact) mass is 667 g/mol. The van der Waals surface area contributed by atoms with Gasteiger partial charge in [-0.25, -0.2) is 14.8 Å². The molecule has 1 atom stereocenters. The minimum Gasteiger partial charge on any atom is -0.495 e. The SMILES string of the molecule is COc1cc(Cc2nccc(-c3ccc(OC4CCN(C(=O)OC(C)(C)C)C4)c(C#N)c3)n2)ccc1N1CCC(N2CCN(C)CC2)CC1. The number of nitriles is 1. The van der Waals surface area contributed by atoms with Crippen molar-refractivity contribution in [3.05, 3.63) is 65.6 Å². The molecule has 0 radical (unpaired) electrons. The van der Waals surface area contributed by atoms with Crippen molar-refractivity contribution in [2.45, 2.75) is 64.2 Å². The highest BCUT2D eigenvalue weighted by Crippen LogP contribution is 2.33. The Morgan fingerprint density at radius 3 is 2.45 bits per heavy atom. The molecule has 3 aliphatic heterocycles. The molecule has 0 saturated carbocycles. The number of anilines is 1. The quantitative estimate of drug-likeness (QED) is 0.318. The van der Waals surface area contributed by atoms with Crippen LogP contribution in [0.2, 0.25) is 0 Å². The number of rotatable bonds is 8. The summed E-state index contributed by atoms with van der Waals surface area (Å²) in [6, 6.07) is 16.7. The molecule has 3 aromatic rings. The molecule has 0 spiro atoms. The normalized spacial score (nSPS) is 19.5. The maximum absolute atomic E-state index is 12.5. The summed E-state index contributed by atoms with van der Waals surface area (Å²) >= 11 is 0. The van der Waals surface area contributed by atoms with Crippen LogP contribution in [0, 0.1) is 11.3 Å². The van der Waals surface area contributed by atoms with E-state index in [0.29, 0.717) is 49.1 Å². The van der Waals surface area contributed by atoms with Gasteiger partial charge in [0.15, 0.2) is 0 Å². The smallest absolute Gasteiger partial charge is 0.410 e. The zero-order chi connectivity index (χ0) is 34.5. The number of ether oxygens (including phenoxy) is 3. The fraction of sp³-hybridized carbons (Fsp3) is 0.526. The van der Waals surface area contributed by atoms with Crippen molar-refractivity contribution in [1.82, 2.24) is 24.7 Å². The van der Waals surface area contributed by atoms with Crippen LogP contribution in [0.4, 0.5) is 10.5 Å². The maximum Gasteiger partial charge on any atom is 0.410 e. The third-order valence-corrected chi connectivity index (χ3v) is 9.66. The van der Waals surface area contributed by atoms with Crippen LogP contribution in [0.5, 0.6) is 11.5 Å². The molecule has 2 aromatic carbocycles. The number of amides is 1.